The number of likely N-dealkylation sites (N-methyl/N-ethyl adjacent to an activating group) is 1. The Morgan fingerprint density at radius 2 is 2.10 bits per heavy atom. The molecule has 1 aromatic carbocycles. The van der Waals surface area contributed by atoms with E-state index in [9.17, 15) is 8.42 Å². The summed E-state index contributed by atoms with van der Waals surface area (Å²) in [5.74, 6) is 0. The molecule has 1 aliphatic rings. The van der Waals surface area contributed by atoms with E-state index in [0.717, 1.165) is 18.7 Å². The molecule has 5 nitrogen and oxygen atoms in total. The van der Waals surface area contributed by atoms with E-state index in [0.29, 0.717) is 18.5 Å². The van der Waals surface area contributed by atoms with Crippen molar-refractivity contribution in [3.8, 4) is 0 Å². The van der Waals surface area contributed by atoms with E-state index >= 15 is 0 Å². The average molecular weight is 363 g/mol. The maximum atomic E-state index is 12.2. The van der Waals surface area contributed by atoms with Crippen LogP contribution in [0.5, 0.6) is 0 Å². The zero-order valence-electron chi connectivity index (χ0n) is 11.4. The number of hydrogen-bond donors (Lipinski definition) is 1. The van der Waals surface area contributed by atoms with E-state index in [-0.39, 0.29) is 11.0 Å². The summed E-state index contributed by atoms with van der Waals surface area (Å²) in [6.07, 6.45) is -0.0923. The molecule has 0 spiro atoms. The predicted molar refractivity (Wildman–Crippen MR) is 81.5 cm³/mol. The van der Waals surface area contributed by atoms with E-state index in [1.54, 1.807) is 24.3 Å². The number of rotatable bonds is 5. The topological polar surface area (TPSA) is 58.6 Å². The Balaban J connectivity index is 1.96. The minimum atomic E-state index is -3.47. The van der Waals surface area contributed by atoms with E-state index in [4.69, 9.17) is 4.74 Å². The van der Waals surface area contributed by atoms with Crippen LogP contribution in [0.1, 0.15) is 5.56 Å². The van der Waals surface area contributed by atoms with Gasteiger partial charge in [-0.25, -0.2) is 13.1 Å². The number of benzene rings is 1. The highest BCUT2D eigenvalue weighted by Gasteiger charge is 2.21. The SMILES string of the molecule is CN1CCOC(CNS(=O)(=O)c2ccc(CBr)cc2)C1. The first kappa shape index (κ1) is 15.9. The molecule has 1 saturated heterocycles. The van der Waals surface area contributed by atoms with Crippen molar-refractivity contribution in [3.05, 3.63) is 29.8 Å². The van der Waals surface area contributed by atoms with Gasteiger partial charge < -0.3 is 9.64 Å². The molecular weight excluding hydrogens is 344 g/mol. The van der Waals surface area contributed by atoms with Crippen molar-refractivity contribution in [2.24, 2.45) is 0 Å². The van der Waals surface area contributed by atoms with Gasteiger partial charge in [0.1, 0.15) is 0 Å². The van der Waals surface area contributed by atoms with Crippen LogP contribution in [0.2, 0.25) is 0 Å². The molecule has 0 amide bonds. The summed E-state index contributed by atoms with van der Waals surface area (Å²) in [4.78, 5) is 2.42. The van der Waals surface area contributed by atoms with Gasteiger partial charge in [-0.3, -0.25) is 0 Å². The van der Waals surface area contributed by atoms with Crippen molar-refractivity contribution in [1.29, 1.82) is 0 Å². The number of nitrogens with zero attached hydrogens (tertiary/aromatic N) is 1. The van der Waals surface area contributed by atoms with Crippen LogP contribution in [0.4, 0.5) is 0 Å². The first-order chi connectivity index (χ1) is 9.51. The zero-order valence-corrected chi connectivity index (χ0v) is 13.8. The van der Waals surface area contributed by atoms with Crippen LogP contribution in [0.25, 0.3) is 0 Å². The lowest BCUT2D eigenvalue weighted by atomic mass is 10.2. The van der Waals surface area contributed by atoms with Crippen molar-refractivity contribution < 1.29 is 13.2 Å². The lowest BCUT2D eigenvalue weighted by Gasteiger charge is -2.30. The number of halogens is 1. The van der Waals surface area contributed by atoms with Gasteiger partial charge in [0.15, 0.2) is 0 Å². The van der Waals surface area contributed by atoms with Gasteiger partial charge in [-0.15, -0.1) is 0 Å². The molecular formula is C13H19BrN2O3S. The third-order valence-electron chi connectivity index (χ3n) is 3.23. The van der Waals surface area contributed by atoms with Crippen molar-refractivity contribution in [1.82, 2.24) is 9.62 Å². The molecule has 2 rings (SSSR count). The normalized spacial score (nSPS) is 21.0. The molecule has 1 aromatic rings. The van der Waals surface area contributed by atoms with Crippen molar-refractivity contribution in [2.45, 2.75) is 16.3 Å². The zero-order chi connectivity index (χ0) is 14.6. The Labute approximate surface area is 128 Å². The number of nitrogens with one attached hydrogen (secondary N) is 1. The van der Waals surface area contributed by atoms with E-state index in [1.165, 1.54) is 0 Å². The van der Waals surface area contributed by atoms with Crippen molar-refractivity contribution in [2.75, 3.05) is 33.3 Å². The summed E-state index contributed by atoms with van der Waals surface area (Å²) >= 11 is 3.33. The van der Waals surface area contributed by atoms with E-state index in [1.807, 2.05) is 7.05 Å². The molecule has 0 aromatic heterocycles. The average Bonchev–Trinajstić information content (AvgIpc) is 2.45. The maximum Gasteiger partial charge on any atom is 0.240 e. The monoisotopic (exact) mass is 362 g/mol. The van der Waals surface area contributed by atoms with Gasteiger partial charge in [0.05, 0.1) is 17.6 Å². The summed E-state index contributed by atoms with van der Waals surface area (Å²) in [5, 5.41) is 0.711. The summed E-state index contributed by atoms with van der Waals surface area (Å²) in [7, 11) is -1.46. The minimum absolute atomic E-state index is 0.0923. The summed E-state index contributed by atoms with van der Waals surface area (Å²) in [5.41, 5.74) is 1.04. The van der Waals surface area contributed by atoms with Crippen LogP contribution < -0.4 is 4.72 Å². The first-order valence-electron chi connectivity index (χ1n) is 6.46. The quantitative estimate of drug-likeness (QED) is 0.799. The number of sulfonamides is 1. The van der Waals surface area contributed by atoms with Gasteiger partial charge in [0.2, 0.25) is 10.0 Å². The second-order valence-corrected chi connectivity index (χ2v) is 7.21. The summed E-state index contributed by atoms with van der Waals surface area (Å²) < 4.78 is 32.5. The molecule has 7 heteroatoms. The number of hydrogen-bond acceptors (Lipinski definition) is 4. The fraction of sp³-hybridized carbons (Fsp3) is 0.538. The lowest BCUT2D eigenvalue weighted by Crippen LogP contribution is -2.45. The third kappa shape index (κ3) is 4.26. The van der Waals surface area contributed by atoms with Crippen LogP contribution in [0, 0.1) is 0 Å². The standard InChI is InChI=1S/C13H19BrN2O3S/c1-16-6-7-19-12(10-16)9-15-20(17,18)13-4-2-11(8-14)3-5-13/h2-5,12,15H,6-10H2,1H3. The largest absolute Gasteiger partial charge is 0.374 e. The summed E-state index contributed by atoms with van der Waals surface area (Å²) in [6.45, 7) is 2.57. The molecule has 20 heavy (non-hydrogen) atoms. The van der Waals surface area contributed by atoms with Gasteiger partial charge in [-0.1, -0.05) is 28.1 Å². The van der Waals surface area contributed by atoms with E-state index in [2.05, 4.69) is 25.6 Å². The molecule has 1 aliphatic heterocycles. The van der Waals surface area contributed by atoms with Crippen LogP contribution >= 0.6 is 15.9 Å². The summed E-state index contributed by atoms with van der Waals surface area (Å²) in [6, 6.07) is 6.84. The molecule has 1 unspecified atom stereocenters. The van der Waals surface area contributed by atoms with Gasteiger partial charge in [-0.05, 0) is 24.7 Å². The van der Waals surface area contributed by atoms with Gasteiger partial charge in [-0.2, -0.15) is 0 Å². The van der Waals surface area contributed by atoms with Gasteiger partial charge in [0.25, 0.3) is 0 Å². The highest BCUT2D eigenvalue weighted by Crippen LogP contribution is 2.13. The van der Waals surface area contributed by atoms with Gasteiger partial charge >= 0.3 is 0 Å². The Kier molecular flexibility index (Phi) is 5.57. The van der Waals surface area contributed by atoms with Crippen molar-refractivity contribution in [3.63, 3.8) is 0 Å². The van der Waals surface area contributed by atoms with Crippen LogP contribution in [0.15, 0.2) is 29.2 Å². The molecule has 1 fully saturated rings. The lowest BCUT2D eigenvalue weighted by molar-refractivity contribution is -0.0156. The minimum Gasteiger partial charge on any atom is -0.374 e. The molecule has 0 bridgehead atoms. The molecule has 0 aliphatic carbocycles. The van der Waals surface area contributed by atoms with Crippen molar-refractivity contribution >= 4 is 26.0 Å². The fourth-order valence-corrected chi connectivity index (χ4v) is 3.47. The van der Waals surface area contributed by atoms with E-state index < -0.39 is 10.0 Å². The molecule has 0 saturated carbocycles. The number of ether oxygens (including phenoxy) is 1. The Bertz CT molecular complexity index is 533. The highest BCUT2D eigenvalue weighted by atomic mass is 79.9. The molecule has 1 N–H and O–H groups in total. The number of alkyl halides is 1. The molecule has 1 atom stereocenters. The van der Waals surface area contributed by atoms with Gasteiger partial charge in [0, 0.05) is 25.0 Å². The maximum absolute atomic E-state index is 12.2. The second kappa shape index (κ2) is 7.00. The van der Waals surface area contributed by atoms with Crippen LogP contribution in [-0.4, -0.2) is 52.7 Å². The predicted octanol–water partition coefficient (Wildman–Crippen LogP) is 1.19. The Morgan fingerprint density at radius 1 is 1.40 bits per heavy atom. The molecule has 112 valence electrons. The smallest absolute Gasteiger partial charge is 0.240 e. The Morgan fingerprint density at radius 3 is 2.70 bits per heavy atom. The molecule has 0 radical (unpaired) electrons. The van der Waals surface area contributed by atoms with Crippen LogP contribution in [0.3, 0.4) is 0 Å². The third-order valence-corrected chi connectivity index (χ3v) is 5.32. The Hall–Kier alpha value is -0.470. The highest BCUT2D eigenvalue weighted by molar-refractivity contribution is 9.08. The number of morpholine rings is 1. The second-order valence-electron chi connectivity index (χ2n) is 4.88. The fourth-order valence-electron chi connectivity index (χ4n) is 2.03. The molecule has 1 heterocycles. The first-order valence-corrected chi connectivity index (χ1v) is 9.06. The van der Waals surface area contributed by atoms with Crippen LogP contribution in [-0.2, 0) is 20.1 Å².